The van der Waals surface area contributed by atoms with Gasteiger partial charge in [-0.1, -0.05) is 83.2 Å². The van der Waals surface area contributed by atoms with Gasteiger partial charge in [0, 0.05) is 5.56 Å². The van der Waals surface area contributed by atoms with Gasteiger partial charge in [0.25, 0.3) is 0 Å². The van der Waals surface area contributed by atoms with E-state index in [1.54, 1.807) is 6.07 Å². The zero-order chi connectivity index (χ0) is 21.6. The number of ether oxygens (including phenoxy) is 1. The van der Waals surface area contributed by atoms with Crippen molar-refractivity contribution in [2.75, 3.05) is 6.61 Å². The average molecular weight is 403 g/mol. The summed E-state index contributed by atoms with van der Waals surface area (Å²) < 4.78 is 5.06. The monoisotopic (exact) mass is 403 g/mol. The van der Waals surface area contributed by atoms with Gasteiger partial charge in [-0.15, -0.1) is 12.1 Å². The van der Waals surface area contributed by atoms with Gasteiger partial charge in [0.05, 0.1) is 6.61 Å². The largest absolute Gasteiger partial charge is 1.00 e. The predicted octanol–water partition coefficient (Wildman–Crippen LogP) is 3.49. The van der Waals surface area contributed by atoms with Gasteiger partial charge in [0.15, 0.2) is 5.78 Å². The molecule has 0 aromatic heterocycles. The number of fused-ring (bicyclic) bond motifs is 1. The van der Waals surface area contributed by atoms with Gasteiger partial charge in [-0.25, -0.2) is 0 Å². The van der Waals surface area contributed by atoms with Gasteiger partial charge >= 0.3 is 24.8 Å². The molecule has 0 N–H and O–H groups in total. The van der Waals surface area contributed by atoms with Crippen molar-refractivity contribution in [3.05, 3.63) is 65.5 Å². The molecular weight excluding hydrogens is 369 g/mol. The molecule has 0 aliphatic heterocycles. The van der Waals surface area contributed by atoms with Crippen molar-refractivity contribution in [1.29, 1.82) is 0 Å². The van der Waals surface area contributed by atoms with Crippen LogP contribution in [-0.2, 0) is 9.53 Å². The molecule has 0 atom stereocenters. The van der Waals surface area contributed by atoms with E-state index in [1.807, 2.05) is 55.5 Å². The van der Waals surface area contributed by atoms with E-state index in [9.17, 15) is 9.59 Å². The summed E-state index contributed by atoms with van der Waals surface area (Å²) in [6.07, 6.45) is 5.43. The summed E-state index contributed by atoms with van der Waals surface area (Å²) >= 11 is 0. The molecule has 0 heterocycles. The van der Waals surface area contributed by atoms with E-state index in [0.717, 1.165) is 17.2 Å². The quantitative estimate of drug-likeness (QED) is 0.161. The van der Waals surface area contributed by atoms with E-state index in [-0.39, 0.29) is 31.1 Å². The molecule has 0 radical (unpaired) electrons. The number of nitrogens with zero attached hydrogens (tertiary/aromatic N) is 1. The van der Waals surface area contributed by atoms with E-state index in [2.05, 4.69) is 33.0 Å². The molecule has 2 aromatic rings. The molecule has 0 bridgehead atoms. The van der Waals surface area contributed by atoms with E-state index >= 15 is 0 Å². The van der Waals surface area contributed by atoms with Gasteiger partial charge in [-0.05, 0) is 29.7 Å². The maximum Gasteiger partial charge on any atom is 1.00 e. The van der Waals surface area contributed by atoms with Crippen LogP contribution in [0.3, 0.4) is 0 Å². The standard InChI is InChI=1S/C19H20O3.C6H14N.Li/c1-2-3-4-7-12-22-19(21)14-18(20)17-11-10-15-8-5-6-9-16(15)13-17;1-5(2)7-6(3)4;/h3-6,8-11,13H,2,7,12,14H2,1H3;5-6H,1-4H3;/q;-1;+1. The SMILES string of the molecule is CC(C)[N-]C(C)C.CCC=CCCOC(=O)CC(=O)c1ccc2ccccc2c1.[Li+]. The summed E-state index contributed by atoms with van der Waals surface area (Å²) in [5.74, 6) is -0.678. The fourth-order valence-electron chi connectivity index (χ4n) is 2.77. The Kier molecular flexibility index (Phi) is 14.9. The van der Waals surface area contributed by atoms with Gasteiger partial charge in [0.1, 0.15) is 6.42 Å². The Morgan fingerprint density at radius 3 is 2.17 bits per heavy atom. The zero-order valence-electron chi connectivity index (χ0n) is 19.4. The molecule has 2 aromatic carbocycles. The maximum absolute atomic E-state index is 12.1. The molecule has 0 saturated heterocycles. The van der Waals surface area contributed by atoms with Gasteiger partial charge < -0.3 is 10.1 Å². The summed E-state index contributed by atoms with van der Waals surface area (Å²) in [7, 11) is 0. The van der Waals surface area contributed by atoms with Crippen LogP contribution in [0.1, 0.15) is 64.2 Å². The second kappa shape index (κ2) is 15.9. The molecule has 0 spiro atoms. The van der Waals surface area contributed by atoms with Crippen molar-refractivity contribution in [3.8, 4) is 0 Å². The number of hydrogen-bond acceptors (Lipinski definition) is 3. The molecule has 30 heavy (non-hydrogen) atoms. The third-order valence-corrected chi connectivity index (χ3v) is 3.92. The molecule has 0 amide bonds. The van der Waals surface area contributed by atoms with Crippen molar-refractivity contribution in [3.63, 3.8) is 0 Å². The molecule has 4 nitrogen and oxygen atoms in total. The van der Waals surface area contributed by atoms with Crippen LogP contribution in [0.15, 0.2) is 54.6 Å². The van der Waals surface area contributed by atoms with Crippen molar-refractivity contribution >= 4 is 22.5 Å². The first-order valence-electron chi connectivity index (χ1n) is 10.4. The first-order chi connectivity index (χ1) is 13.8. The van der Waals surface area contributed by atoms with Gasteiger partial charge in [0.2, 0.25) is 0 Å². The number of benzene rings is 2. The van der Waals surface area contributed by atoms with Crippen molar-refractivity contribution < 1.29 is 33.2 Å². The Morgan fingerprint density at radius 1 is 0.967 bits per heavy atom. The van der Waals surface area contributed by atoms with Crippen molar-refractivity contribution in [2.45, 2.75) is 66.0 Å². The van der Waals surface area contributed by atoms with Crippen LogP contribution in [-0.4, -0.2) is 30.4 Å². The van der Waals surface area contributed by atoms with Crippen LogP contribution < -0.4 is 18.9 Å². The summed E-state index contributed by atoms with van der Waals surface area (Å²) in [5, 5.41) is 6.34. The third-order valence-electron chi connectivity index (χ3n) is 3.92. The number of ketones is 1. The smallest absolute Gasteiger partial charge is 0.658 e. The van der Waals surface area contributed by atoms with E-state index < -0.39 is 5.97 Å². The zero-order valence-corrected chi connectivity index (χ0v) is 19.4. The summed E-state index contributed by atoms with van der Waals surface area (Å²) in [4.78, 5) is 23.8. The molecule has 0 aliphatic rings. The molecule has 0 fully saturated rings. The third kappa shape index (κ3) is 12.0. The average Bonchev–Trinajstić information content (AvgIpc) is 2.66. The number of allylic oxidation sites excluding steroid dienone is 1. The Bertz CT molecular complexity index is 794. The van der Waals surface area contributed by atoms with E-state index in [0.29, 0.717) is 30.7 Å². The Labute approximate surface area is 193 Å². The number of carbonyl (C=O) groups excluding carboxylic acids is 2. The number of Topliss-reactive ketones (excluding diaryl/α,β-unsaturated/α-hetero) is 1. The predicted molar refractivity (Wildman–Crippen MR) is 122 cm³/mol. The normalized spacial score (nSPS) is 10.6. The minimum Gasteiger partial charge on any atom is -0.658 e. The topological polar surface area (TPSA) is 57.5 Å². The molecular formula is C25H34LiNO3. The van der Waals surface area contributed by atoms with Gasteiger partial charge in [-0.2, -0.15) is 0 Å². The van der Waals surface area contributed by atoms with Crippen LogP contribution in [0, 0.1) is 0 Å². The summed E-state index contributed by atoms with van der Waals surface area (Å²) in [6, 6.07) is 14.3. The Balaban J connectivity index is 0.000000909. The minimum absolute atomic E-state index is 0. The molecule has 0 saturated carbocycles. The number of hydrogen-bond donors (Lipinski definition) is 0. The minimum atomic E-state index is -0.469. The molecule has 158 valence electrons. The molecule has 0 aliphatic carbocycles. The summed E-state index contributed by atoms with van der Waals surface area (Å²) in [5.41, 5.74) is 0.543. The van der Waals surface area contributed by atoms with Crippen LogP contribution in [0.25, 0.3) is 16.1 Å². The molecule has 2 rings (SSSR count). The fourth-order valence-corrected chi connectivity index (χ4v) is 2.77. The van der Waals surface area contributed by atoms with Crippen molar-refractivity contribution in [1.82, 2.24) is 0 Å². The second-order valence-corrected chi connectivity index (χ2v) is 7.39. The molecule has 0 unspecified atom stereocenters. The van der Waals surface area contributed by atoms with Crippen LogP contribution >= 0.6 is 0 Å². The second-order valence-electron chi connectivity index (χ2n) is 7.39. The number of esters is 1. The van der Waals surface area contributed by atoms with Crippen molar-refractivity contribution in [2.24, 2.45) is 0 Å². The number of rotatable bonds is 9. The summed E-state index contributed by atoms with van der Waals surface area (Å²) in [6.45, 7) is 10.8. The Hall–Kier alpha value is -1.86. The van der Waals surface area contributed by atoms with Gasteiger partial charge in [-0.3, -0.25) is 9.59 Å². The maximum atomic E-state index is 12.1. The van der Waals surface area contributed by atoms with E-state index in [4.69, 9.17) is 4.74 Å². The number of carbonyl (C=O) groups is 2. The van der Waals surface area contributed by atoms with Crippen LogP contribution in [0.2, 0.25) is 0 Å². The van der Waals surface area contributed by atoms with Crippen LogP contribution in [0.5, 0.6) is 0 Å². The Morgan fingerprint density at radius 2 is 1.60 bits per heavy atom. The van der Waals surface area contributed by atoms with E-state index in [1.165, 1.54) is 0 Å². The first kappa shape index (κ1) is 28.1. The fraction of sp³-hybridized carbons (Fsp3) is 0.440. The first-order valence-corrected chi connectivity index (χ1v) is 10.4. The molecule has 5 heteroatoms. The van der Waals surface area contributed by atoms with Crippen LogP contribution in [0.4, 0.5) is 0 Å².